The Morgan fingerprint density at radius 1 is 1.60 bits per heavy atom. The van der Waals surface area contributed by atoms with Crippen LogP contribution in [0.3, 0.4) is 0 Å². The Morgan fingerprint density at radius 2 is 2.30 bits per heavy atom. The summed E-state index contributed by atoms with van der Waals surface area (Å²) in [6.45, 7) is 2.16. The predicted octanol–water partition coefficient (Wildman–Crippen LogP) is 1.78. The van der Waals surface area contributed by atoms with Gasteiger partial charge in [-0.05, 0) is 12.5 Å². The van der Waals surface area contributed by atoms with Crippen molar-refractivity contribution >= 4 is 17.3 Å². The van der Waals surface area contributed by atoms with Gasteiger partial charge in [0.1, 0.15) is 6.07 Å². The summed E-state index contributed by atoms with van der Waals surface area (Å²) in [6.07, 6.45) is 1.47. The average Bonchev–Trinajstić information content (AvgIpc) is 2.44. The highest BCUT2D eigenvalue weighted by Gasteiger charge is 2.18. The van der Waals surface area contributed by atoms with E-state index in [1.165, 1.54) is 12.1 Å². The maximum absolute atomic E-state index is 12.0. The first-order chi connectivity index (χ1) is 9.53. The molecule has 20 heavy (non-hydrogen) atoms. The molecule has 106 valence electrons. The summed E-state index contributed by atoms with van der Waals surface area (Å²) in [5.74, 6) is -0.610. The van der Waals surface area contributed by atoms with Crippen molar-refractivity contribution in [2.75, 3.05) is 11.9 Å². The summed E-state index contributed by atoms with van der Waals surface area (Å²) in [7, 11) is 0. The monoisotopic (exact) mass is 276 g/mol. The van der Waals surface area contributed by atoms with Crippen LogP contribution in [0.15, 0.2) is 18.2 Å². The Labute approximate surface area is 116 Å². The van der Waals surface area contributed by atoms with E-state index in [1.807, 2.05) is 13.0 Å². The van der Waals surface area contributed by atoms with E-state index in [-0.39, 0.29) is 35.3 Å². The number of carbonyl (C=O) groups is 1. The Morgan fingerprint density at radius 3 is 2.80 bits per heavy atom. The van der Waals surface area contributed by atoms with E-state index >= 15 is 0 Å². The SMILES string of the molecule is CCCC(CN)C(=O)Nc1ccc([N+](=O)[O-])cc1C#N. The molecule has 0 aliphatic heterocycles. The molecule has 3 N–H and O–H groups in total. The van der Waals surface area contributed by atoms with Gasteiger partial charge in [-0.1, -0.05) is 13.3 Å². The zero-order chi connectivity index (χ0) is 15.1. The van der Waals surface area contributed by atoms with Crippen LogP contribution in [-0.4, -0.2) is 17.4 Å². The topological polar surface area (TPSA) is 122 Å². The fourth-order valence-corrected chi connectivity index (χ4v) is 1.79. The van der Waals surface area contributed by atoms with Crippen LogP contribution < -0.4 is 11.1 Å². The van der Waals surface area contributed by atoms with Crippen molar-refractivity contribution in [2.24, 2.45) is 11.7 Å². The molecular formula is C13H16N4O3. The lowest BCUT2D eigenvalue weighted by Gasteiger charge is -2.14. The summed E-state index contributed by atoms with van der Waals surface area (Å²) in [4.78, 5) is 22.0. The van der Waals surface area contributed by atoms with E-state index in [0.29, 0.717) is 6.42 Å². The molecular weight excluding hydrogens is 260 g/mol. The molecule has 7 nitrogen and oxygen atoms in total. The van der Waals surface area contributed by atoms with E-state index in [4.69, 9.17) is 11.0 Å². The number of anilines is 1. The Balaban J connectivity index is 2.95. The minimum atomic E-state index is -0.591. The molecule has 0 saturated carbocycles. The third-order valence-electron chi connectivity index (χ3n) is 2.88. The van der Waals surface area contributed by atoms with E-state index in [0.717, 1.165) is 12.5 Å². The van der Waals surface area contributed by atoms with Gasteiger partial charge in [0.05, 0.1) is 22.1 Å². The smallest absolute Gasteiger partial charge is 0.270 e. The van der Waals surface area contributed by atoms with Crippen LogP contribution >= 0.6 is 0 Å². The number of nitriles is 1. The fraction of sp³-hybridized carbons (Fsp3) is 0.385. The molecule has 1 amide bonds. The third-order valence-corrected chi connectivity index (χ3v) is 2.88. The number of hydrogen-bond donors (Lipinski definition) is 2. The molecule has 0 aliphatic carbocycles. The number of carbonyl (C=O) groups excluding carboxylic acids is 1. The first-order valence-electron chi connectivity index (χ1n) is 6.23. The maximum Gasteiger partial charge on any atom is 0.270 e. The number of non-ortho nitro benzene ring substituents is 1. The van der Waals surface area contributed by atoms with Gasteiger partial charge in [-0.3, -0.25) is 14.9 Å². The minimum Gasteiger partial charge on any atom is -0.330 e. The van der Waals surface area contributed by atoms with Gasteiger partial charge in [0.2, 0.25) is 5.91 Å². The van der Waals surface area contributed by atoms with Crippen LogP contribution in [0.4, 0.5) is 11.4 Å². The van der Waals surface area contributed by atoms with Crippen molar-refractivity contribution < 1.29 is 9.72 Å². The molecule has 0 aliphatic rings. The van der Waals surface area contributed by atoms with Gasteiger partial charge in [0.15, 0.2) is 0 Å². The van der Waals surface area contributed by atoms with Gasteiger partial charge in [0.25, 0.3) is 5.69 Å². The van der Waals surface area contributed by atoms with Crippen LogP contribution in [-0.2, 0) is 4.79 Å². The minimum absolute atomic E-state index is 0.0554. The van der Waals surface area contributed by atoms with Gasteiger partial charge >= 0.3 is 0 Å². The molecule has 0 spiro atoms. The van der Waals surface area contributed by atoms with Crippen molar-refractivity contribution in [1.82, 2.24) is 0 Å². The standard InChI is InChI=1S/C13H16N4O3/c1-2-3-9(7-14)13(18)16-12-5-4-11(17(19)20)6-10(12)8-15/h4-6,9H,2-3,7,14H2,1H3,(H,16,18). The second-order valence-corrected chi connectivity index (χ2v) is 4.31. The molecule has 1 aromatic rings. The van der Waals surface area contributed by atoms with E-state index in [2.05, 4.69) is 5.32 Å². The largest absolute Gasteiger partial charge is 0.330 e. The molecule has 0 fully saturated rings. The molecule has 7 heteroatoms. The van der Waals surface area contributed by atoms with Gasteiger partial charge in [-0.2, -0.15) is 5.26 Å². The zero-order valence-electron chi connectivity index (χ0n) is 11.1. The molecule has 0 heterocycles. The highest BCUT2D eigenvalue weighted by Crippen LogP contribution is 2.22. The van der Waals surface area contributed by atoms with Crippen molar-refractivity contribution in [1.29, 1.82) is 5.26 Å². The van der Waals surface area contributed by atoms with Gasteiger partial charge in [-0.25, -0.2) is 0 Å². The van der Waals surface area contributed by atoms with Crippen molar-refractivity contribution in [3.8, 4) is 6.07 Å². The zero-order valence-corrected chi connectivity index (χ0v) is 11.1. The second kappa shape index (κ2) is 7.21. The highest BCUT2D eigenvalue weighted by molar-refractivity contribution is 5.94. The number of benzene rings is 1. The lowest BCUT2D eigenvalue weighted by atomic mass is 10.0. The third kappa shape index (κ3) is 3.76. The maximum atomic E-state index is 12.0. The lowest BCUT2D eigenvalue weighted by molar-refractivity contribution is -0.384. The van der Waals surface area contributed by atoms with Gasteiger partial charge in [0, 0.05) is 18.7 Å². The molecule has 1 atom stereocenters. The number of rotatable bonds is 6. The van der Waals surface area contributed by atoms with E-state index in [9.17, 15) is 14.9 Å². The molecule has 0 bridgehead atoms. The van der Waals surface area contributed by atoms with Crippen LogP contribution in [0.2, 0.25) is 0 Å². The van der Waals surface area contributed by atoms with Gasteiger partial charge < -0.3 is 11.1 Å². The van der Waals surface area contributed by atoms with Crippen LogP contribution in [0.5, 0.6) is 0 Å². The summed E-state index contributed by atoms with van der Waals surface area (Å²) < 4.78 is 0. The number of nitrogens with one attached hydrogen (secondary N) is 1. The number of nitrogens with two attached hydrogens (primary N) is 1. The quantitative estimate of drug-likeness (QED) is 0.605. The second-order valence-electron chi connectivity index (χ2n) is 4.31. The van der Waals surface area contributed by atoms with Crippen LogP contribution in [0.1, 0.15) is 25.3 Å². The highest BCUT2D eigenvalue weighted by atomic mass is 16.6. The molecule has 0 saturated heterocycles. The number of nitro benzene ring substituents is 1. The normalized spacial score (nSPS) is 11.4. The van der Waals surface area contributed by atoms with Crippen molar-refractivity contribution in [2.45, 2.75) is 19.8 Å². The fourth-order valence-electron chi connectivity index (χ4n) is 1.79. The molecule has 1 unspecified atom stereocenters. The molecule has 0 radical (unpaired) electrons. The number of nitrogens with zero attached hydrogens (tertiary/aromatic N) is 2. The van der Waals surface area contributed by atoms with Gasteiger partial charge in [-0.15, -0.1) is 0 Å². The predicted molar refractivity (Wildman–Crippen MR) is 73.9 cm³/mol. The molecule has 1 aromatic carbocycles. The number of hydrogen-bond acceptors (Lipinski definition) is 5. The number of nitro groups is 1. The van der Waals surface area contributed by atoms with Crippen LogP contribution in [0.25, 0.3) is 0 Å². The Hall–Kier alpha value is -2.46. The first kappa shape index (κ1) is 15.6. The van der Waals surface area contributed by atoms with E-state index < -0.39 is 4.92 Å². The molecule has 1 rings (SSSR count). The number of amides is 1. The Kier molecular flexibility index (Phi) is 5.62. The summed E-state index contributed by atoms with van der Waals surface area (Å²) in [6, 6.07) is 5.57. The summed E-state index contributed by atoms with van der Waals surface area (Å²) in [5.41, 5.74) is 5.66. The summed E-state index contributed by atoms with van der Waals surface area (Å²) in [5, 5.41) is 22.2. The Bertz CT molecular complexity index is 551. The summed E-state index contributed by atoms with van der Waals surface area (Å²) >= 11 is 0. The first-order valence-corrected chi connectivity index (χ1v) is 6.23. The van der Waals surface area contributed by atoms with Crippen LogP contribution in [0, 0.1) is 27.4 Å². The molecule has 0 aromatic heterocycles. The average molecular weight is 276 g/mol. The van der Waals surface area contributed by atoms with Crippen molar-refractivity contribution in [3.05, 3.63) is 33.9 Å². The van der Waals surface area contributed by atoms with Crippen molar-refractivity contribution in [3.63, 3.8) is 0 Å². The lowest BCUT2D eigenvalue weighted by Crippen LogP contribution is -2.29. The van der Waals surface area contributed by atoms with E-state index in [1.54, 1.807) is 0 Å².